The summed E-state index contributed by atoms with van der Waals surface area (Å²) >= 11 is 3.27. The van der Waals surface area contributed by atoms with Gasteiger partial charge >= 0.3 is 0 Å². The predicted octanol–water partition coefficient (Wildman–Crippen LogP) is 1.81. The summed E-state index contributed by atoms with van der Waals surface area (Å²) in [7, 11) is 0. The predicted molar refractivity (Wildman–Crippen MR) is 57.6 cm³/mol. The third-order valence-corrected chi connectivity index (χ3v) is 2.62. The van der Waals surface area contributed by atoms with Crippen LogP contribution >= 0.6 is 15.9 Å². The molecule has 0 saturated carbocycles. The molecule has 2 rings (SSSR count). The van der Waals surface area contributed by atoms with E-state index < -0.39 is 0 Å². The Kier molecular flexibility index (Phi) is 2.68. The third kappa shape index (κ3) is 2.33. The van der Waals surface area contributed by atoms with E-state index in [1.54, 1.807) is 6.07 Å². The summed E-state index contributed by atoms with van der Waals surface area (Å²) in [5.74, 6) is 0.0896. The van der Waals surface area contributed by atoms with Crippen LogP contribution in [0.5, 0.6) is 0 Å². The summed E-state index contributed by atoms with van der Waals surface area (Å²) in [6.45, 7) is 0.456. The fourth-order valence-electron chi connectivity index (χ4n) is 1.19. The average Bonchev–Trinajstić information content (AvgIpc) is 2.56. The van der Waals surface area contributed by atoms with E-state index >= 15 is 0 Å². The van der Waals surface area contributed by atoms with Gasteiger partial charge in [-0.15, -0.1) is 5.10 Å². The molecule has 0 amide bonds. The van der Waals surface area contributed by atoms with Crippen LogP contribution in [0.2, 0.25) is 0 Å². The molecule has 4 nitrogen and oxygen atoms in total. The van der Waals surface area contributed by atoms with Crippen molar-refractivity contribution in [3.05, 3.63) is 40.2 Å². The van der Waals surface area contributed by atoms with E-state index in [0.717, 1.165) is 5.56 Å². The smallest absolute Gasteiger partial charge is 0.165 e. The molecule has 6 heteroatoms. The van der Waals surface area contributed by atoms with Gasteiger partial charge in [-0.05, 0) is 17.7 Å². The number of hydrogen-bond acceptors (Lipinski definition) is 3. The van der Waals surface area contributed by atoms with E-state index in [0.29, 0.717) is 16.8 Å². The molecule has 15 heavy (non-hydrogen) atoms. The first-order chi connectivity index (χ1) is 7.15. The molecule has 1 heterocycles. The molecule has 0 spiro atoms. The number of nitrogens with zero attached hydrogens (tertiary/aromatic N) is 3. The number of hydrogen-bond donors (Lipinski definition) is 1. The summed E-state index contributed by atoms with van der Waals surface area (Å²) in [6.07, 6.45) is 1.47. The molecule has 0 aliphatic carbocycles. The number of nitrogen functional groups attached to an aromatic ring is 1. The van der Waals surface area contributed by atoms with E-state index in [2.05, 4.69) is 26.1 Å². The van der Waals surface area contributed by atoms with Crippen LogP contribution in [0.15, 0.2) is 28.9 Å². The lowest BCUT2D eigenvalue weighted by molar-refractivity contribution is 0.587. The minimum Gasteiger partial charge on any atom is -0.381 e. The van der Waals surface area contributed by atoms with Gasteiger partial charge in [-0.2, -0.15) is 9.90 Å². The van der Waals surface area contributed by atoms with Crippen LogP contribution in [0, 0.1) is 5.82 Å². The van der Waals surface area contributed by atoms with Crippen molar-refractivity contribution in [2.45, 2.75) is 6.54 Å². The number of rotatable bonds is 2. The number of anilines is 1. The van der Waals surface area contributed by atoms with Gasteiger partial charge in [-0.3, -0.25) is 0 Å². The molecular formula is C9H8BrFN4. The second-order valence-electron chi connectivity index (χ2n) is 3.04. The van der Waals surface area contributed by atoms with Gasteiger partial charge in [0, 0.05) is 4.47 Å². The van der Waals surface area contributed by atoms with Crippen molar-refractivity contribution in [2.24, 2.45) is 0 Å². The Morgan fingerprint density at radius 3 is 2.87 bits per heavy atom. The van der Waals surface area contributed by atoms with Gasteiger partial charge in [-0.1, -0.05) is 22.0 Å². The third-order valence-electron chi connectivity index (χ3n) is 1.88. The monoisotopic (exact) mass is 270 g/mol. The van der Waals surface area contributed by atoms with E-state index in [4.69, 9.17) is 5.73 Å². The number of nitrogens with two attached hydrogens (primary N) is 1. The normalized spacial score (nSPS) is 10.5. The zero-order valence-electron chi connectivity index (χ0n) is 7.69. The Bertz CT molecular complexity index is 483. The molecule has 2 N–H and O–H groups in total. The highest BCUT2D eigenvalue weighted by Crippen LogP contribution is 2.18. The van der Waals surface area contributed by atoms with Crippen molar-refractivity contribution in [1.29, 1.82) is 0 Å². The largest absolute Gasteiger partial charge is 0.381 e. The summed E-state index contributed by atoms with van der Waals surface area (Å²) in [5, 5.41) is 7.88. The maximum Gasteiger partial charge on any atom is 0.165 e. The summed E-state index contributed by atoms with van der Waals surface area (Å²) < 4.78 is 13.5. The van der Waals surface area contributed by atoms with Crippen LogP contribution < -0.4 is 5.73 Å². The van der Waals surface area contributed by atoms with Crippen molar-refractivity contribution >= 4 is 21.7 Å². The number of benzene rings is 1. The SMILES string of the molecule is Nc1cnn(Cc2ccc(F)cc2Br)n1. The van der Waals surface area contributed by atoms with Crippen molar-refractivity contribution in [2.75, 3.05) is 5.73 Å². The fourth-order valence-corrected chi connectivity index (χ4v) is 1.67. The Morgan fingerprint density at radius 1 is 1.47 bits per heavy atom. The van der Waals surface area contributed by atoms with Gasteiger partial charge in [-0.25, -0.2) is 4.39 Å². The molecule has 2 aromatic rings. The molecule has 0 radical (unpaired) electrons. The first-order valence-corrected chi connectivity index (χ1v) is 5.04. The van der Waals surface area contributed by atoms with Crippen LogP contribution in [0.1, 0.15) is 5.56 Å². The number of halogens is 2. The number of aromatic nitrogens is 3. The van der Waals surface area contributed by atoms with Gasteiger partial charge < -0.3 is 5.73 Å². The highest BCUT2D eigenvalue weighted by Gasteiger charge is 2.04. The summed E-state index contributed by atoms with van der Waals surface area (Å²) in [5.41, 5.74) is 6.32. The summed E-state index contributed by atoms with van der Waals surface area (Å²) in [4.78, 5) is 1.45. The Hall–Kier alpha value is -1.43. The molecular weight excluding hydrogens is 263 g/mol. The van der Waals surface area contributed by atoms with Gasteiger partial charge in [0.25, 0.3) is 0 Å². The van der Waals surface area contributed by atoms with Gasteiger partial charge in [0.15, 0.2) is 5.82 Å². The van der Waals surface area contributed by atoms with Crippen LogP contribution in [-0.4, -0.2) is 15.0 Å². The standard InChI is InChI=1S/C9H8BrFN4/c10-8-3-7(11)2-1-6(8)5-15-13-4-9(12)14-15/h1-4H,5H2,(H2,12,14). The lowest BCUT2D eigenvalue weighted by atomic mass is 10.2. The van der Waals surface area contributed by atoms with Crippen LogP contribution in [-0.2, 0) is 6.54 Å². The molecule has 0 aliphatic rings. The Morgan fingerprint density at radius 2 is 2.27 bits per heavy atom. The summed E-state index contributed by atoms with van der Waals surface area (Å²) in [6, 6.07) is 4.48. The zero-order chi connectivity index (χ0) is 10.8. The fraction of sp³-hybridized carbons (Fsp3) is 0.111. The van der Waals surface area contributed by atoms with E-state index in [1.807, 2.05) is 0 Å². The molecule has 0 saturated heterocycles. The van der Waals surface area contributed by atoms with Crippen molar-refractivity contribution in [1.82, 2.24) is 15.0 Å². The van der Waals surface area contributed by atoms with E-state index in [1.165, 1.54) is 23.1 Å². The zero-order valence-corrected chi connectivity index (χ0v) is 9.28. The van der Waals surface area contributed by atoms with Gasteiger partial charge in [0.05, 0.1) is 12.7 Å². The lowest BCUT2D eigenvalue weighted by Gasteiger charge is -2.03. The van der Waals surface area contributed by atoms with Crippen LogP contribution in [0.4, 0.5) is 10.2 Å². The van der Waals surface area contributed by atoms with Crippen molar-refractivity contribution < 1.29 is 4.39 Å². The highest BCUT2D eigenvalue weighted by molar-refractivity contribution is 9.10. The van der Waals surface area contributed by atoms with Gasteiger partial charge in [0.1, 0.15) is 5.82 Å². The maximum atomic E-state index is 12.8. The molecule has 78 valence electrons. The van der Waals surface area contributed by atoms with Crippen molar-refractivity contribution in [3.8, 4) is 0 Å². The molecule has 1 aromatic carbocycles. The Labute approximate surface area is 94.0 Å². The molecule has 0 atom stereocenters. The van der Waals surface area contributed by atoms with Crippen LogP contribution in [0.3, 0.4) is 0 Å². The molecule has 0 unspecified atom stereocenters. The molecule has 1 aromatic heterocycles. The van der Waals surface area contributed by atoms with E-state index in [9.17, 15) is 4.39 Å². The minimum absolute atomic E-state index is 0.279. The molecule has 0 bridgehead atoms. The van der Waals surface area contributed by atoms with Crippen LogP contribution in [0.25, 0.3) is 0 Å². The second-order valence-corrected chi connectivity index (χ2v) is 3.89. The minimum atomic E-state index is -0.279. The van der Waals surface area contributed by atoms with Gasteiger partial charge in [0.2, 0.25) is 0 Å². The van der Waals surface area contributed by atoms with Crippen molar-refractivity contribution in [3.63, 3.8) is 0 Å². The second kappa shape index (κ2) is 3.98. The topological polar surface area (TPSA) is 56.7 Å². The average molecular weight is 271 g/mol. The first-order valence-electron chi connectivity index (χ1n) is 4.24. The first kappa shape index (κ1) is 10.1. The van der Waals surface area contributed by atoms with E-state index in [-0.39, 0.29) is 5.82 Å². The Balaban J connectivity index is 2.24. The highest BCUT2D eigenvalue weighted by atomic mass is 79.9. The molecule has 0 fully saturated rings. The molecule has 0 aliphatic heterocycles. The lowest BCUT2D eigenvalue weighted by Crippen LogP contribution is -2.04. The quantitative estimate of drug-likeness (QED) is 0.906. The maximum absolute atomic E-state index is 12.8.